The van der Waals surface area contributed by atoms with Gasteiger partial charge >= 0.3 is 11.9 Å². The lowest BCUT2D eigenvalue weighted by Crippen LogP contribution is -2.38. The lowest BCUT2D eigenvalue weighted by molar-refractivity contribution is -0.142. The van der Waals surface area contributed by atoms with Gasteiger partial charge in [0, 0.05) is 19.1 Å². The van der Waals surface area contributed by atoms with Crippen LogP contribution in [0.2, 0.25) is 0 Å². The average molecular weight is 291 g/mol. The maximum absolute atomic E-state index is 11.7. The second-order valence-electron chi connectivity index (χ2n) is 5.11. The molecule has 0 aliphatic carbocycles. The highest BCUT2D eigenvalue weighted by atomic mass is 16.5. The van der Waals surface area contributed by atoms with E-state index >= 15 is 0 Å². The van der Waals surface area contributed by atoms with Crippen molar-refractivity contribution in [2.75, 3.05) is 27.3 Å². The summed E-state index contributed by atoms with van der Waals surface area (Å²) in [6.45, 7) is 1.42. The Bertz CT molecular complexity index is 515. The van der Waals surface area contributed by atoms with E-state index in [1.54, 1.807) is 0 Å². The van der Waals surface area contributed by atoms with Gasteiger partial charge in [-0.3, -0.25) is 14.5 Å². The van der Waals surface area contributed by atoms with Gasteiger partial charge in [-0.1, -0.05) is 24.3 Å². The molecule has 1 heterocycles. The number of hydrogen-bond acceptors (Lipinski definition) is 5. The summed E-state index contributed by atoms with van der Waals surface area (Å²) in [7, 11) is 2.79. The summed E-state index contributed by atoms with van der Waals surface area (Å²) in [5, 5.41) is 0. The second-order valence-corrected chi connectivity index (χ2v) is 5.11. The smallest absolute Gasteiger partial charge is 0.307 e. The Hall–Kier alpha value is -1.88. The van der Waals surface area contributed by atoms with Gasteiger partial charge in [-0.15, -0.1) is 0 Å². The van der Waals surface area contributed by atoms with Gasteiger partial charge in [-0.25, -0.2) is 0 Å². The van der Waals surface area contributed by atoms with Crippen molar-refractivity contribution in [1.29, 1.82) is 0 Å². The number of carbonyl (C=O) groups is 2. The Balaban J connectivity index is 2.16. The monoisotopic (exact) mass is 291 g/mol. The minimum absolute atomic E-state index is 0.0351. The largest absolute Gasteiger partial charge is 0.469 e. The van der Waals surface area contributed by atoms with E-state index in [-0.39, 0.29) is 18.0 Å². The minimum Gasteiger partial charge on any atom is -0.469 e. The van der Waals surface area contributed by atoms with Crippen LogP contribution in [-0.4, -0.2) is 44.1 Å². The molecule has 0 unspecified atom stereocenters. The molecule has 0 saturated heterocycles. The molecule has 114 valence electrons. The number of fused-ring (bicyclic) bond motifs is 1. The Morgan fingerprint density at radius 1 is 1.19 bits per heavy atom. The van der Waals surface area contributed by atoms with Crippen LogP contribution in [0.4, 0.5) is 0 Å². The zero-order valence-corrected chi connectivity index (χ0v) is 12.5. The van der Waals surface area contributed by atoms with Crippen LogP contribution in [0, 0.1) is 0 Å². The van der Waals surface area contributed by atoms with Crippen LogP contribution in [0.1, 0.15) is 30.0 Å². The van der Waals surface area contributed by atoms with E-state index in [2.05, 4.69) is 11.0 Å². The van der Waals surface area contributed by atoms with Crippen molar-refractivity contribution in [2.45, 2.75) is 25.3 Å². The number of carbonyl (C=O) groups excluding carboxylic acids is 2. The Kier molecular flexibility index (Phi) is 5.33. The molecule has 1 aliphatic heterocycles. The first kappa shape index (κ1) is 15.5. The zero-order valence-electron chi connectivity index (χ0n) is 12.5. The van der Waals surface area contributed by atoms with Crippen LogP contribution in [-0.2, 0) is 25.5 Å². The topological polar surface area (TPSA) is 55.8 Å². The zero-order chi connectivity index (χ0) is 15.2. The molecule has 0 amide bonds. The minimum atomic E-state index is -0.236. The molecule has 1 aromatic carbocycles. The number of ether oxygens (including phenoxy) is 2. The first-order chi connectivity index (χ1) is 10.2. The highest BCUT2D eigenvalue weighted by Crippen LogP contribution is 2.32. The van der Waals surface area contributed by atoms with E-state index < -0.39 is 0 Å². The van der Waals surface area contributed by atoms with E-state index in [1.165, 1.54) is 19.8 Å². The van der Waals surface area contributed by atoms with E-state index in [4.69, 9.17) is 9.47 Å². The van der Waals surface area contributed by atoms with Crippen molar-refractivity contribution in [3.8, 4) is 0 Å². The van der Waals surface area contributed by atoms with Crippen molar-refractivity contribution in [2.24, 2.45) is 0 Å². The molecule has 0 radical (unpaired) electrons. The summed E-state index contributed by atoms with van der Waals surface area (Å²) in [6.07, 6.45) is 1.56. The molecule has 5 heteroatoms. The third kappa shape index (κ3) is 3.82. The third-order valence-electron chi connectivity index (χ3n) is 3.94. The number of rotatable bonds is 5. The van der Waals surface area contributed by atoms with Gasteiger partial charge in [0.1, 0.15) is 0 Å². The van der Waals surface area contributed by atoms with Crippen LogP contribution >= 0.6 is 0 Å². The summed E-state index contributed by atoms with van der Waals surface area (Å²) in [4.78, 5) is 25.2. The van der Waals surface area contributed by atoms with Crippen molar-refractivity contribution < 1.29 is 19.1 Å². The van der Waals surface area contributed by atoms with E-state index in [1.807, 2.05) is 18.2 Å². The molecule has 1 atom stereocenters. The van der Waals surface area contributed by atoms with Gasteiger partial charge in [0.25, 0.3) is 0 Å². The molecular formula is C16H21NO4. The Morgan fingerprint density at radius 3 is 2.62 bits per heavy atom. The summed E-state index contributed by atoms with van der Waals surface area (Å²) >= 11 is 0. The number of methoxy groups -OCH3 is 2. The van der Waals surface area contributed by atoms with Crippen LogP contribution in [0.25, 0.3) is 0 Å². The maximum Gasteiger partial charge on any atom is 0.307 e. The maximum atomic E-state index is 11.7. The summed E-state index contributed by atoms with van der Waals surface area (Å²) in [5.41, 5.74) is 2.42. The highest BCUT2D eigenvalue weighted by Gasteiger charge is 2.29. The quantitative estimate of drug-likeness (QED) is 0.773. The second kappa shape index (κ2) is 7.22. The molecule has 0 aromatic heterocycles. The number of benzene rings is 1. The first-order valence-corrected chi connectivity index (χ1v) is 7.11. The molecule has 0 fully saturated rings. The predicted molar refractivity (Wildman–Crippen MR) is 77.7 cm³/mol. The summed E-state index contributed by atoms with van der Waals surface area (Å²) in [6, 6.07) is 8.10. The summed E-state index contributed by atoms with van der Waals surface area (Å²) in [5.74, 6) is -0.467. The van der Waals surface area contributed by atoms with Gasteiger partial charge in [0.2, 0.25) is 0 Å². The fraction of sp³-hybridized carbons (Fsp3) is 0.500. The van der Waals surface area contributed by atoms with Crippen molar-refractivity contribution in [3.05, 3.63) is 35.4 Å². The van der Waals surface area contributed by atoms with Gasteiger partial charge in [-0.05, 0) is 17.5 Å². The molecular weight excluding hydrogens is 270 g/mol. The molecule has 0 saturated carbocycles. The number of nitrogens with zero attached hydrogens (tertiary/aromatic N) is 1. The third-order valence-corrected chi connectivity index (χ3v) is 3.94. The first-order valence-electron chi connectivity index (χ1n) is 7.11. The van der Waals surface area contributed by atoms with E-state index in [0.717, 1.165) is 18.5 Å². The standard InChI is InChI=1S/C16H21NO4/c1-20-15(18)8-10-17-9-7-12-5-3-4-6-13(12)14(17)11-16(19)21-2/h3-6,14H,7-11H2,1-2H3/t14-/m1/s1. The van der Waals surface area contributed by atoms with Crippen LogP contribution in [0.5, 0.6) is 0 Å². The van der Waals surface area contributed by atoms with Crippen molar-refractivity contribution in [3.63, 3.8) is 0 Å². The molecule has 1 aliphatic rings. The molecule has 0 bridgehead atoms. The normalized spacial score (nSPS) is 17.9. The van der Waals surface area contributed by atoms with E-state index in [0.29, 0.717) is 19.4 Å². The Labute approximate surface area is 124 Å². The van der Waals surface area contributed by atoms with Crippen molar-refractivity contribution in [1.82, 2.24) is 4.90 Å². The lowest BCUT2D eigenvalue weighted by atomic mass is 9.90. The predicted octanol–water partition coefficient (Wildman–Crippen LogP) is 1.71. The molecule has 5 nitrogen and oxygen atoms in total. The van der Waals surface area contributed by atoms with Crippen LogP contribution in [0.3, 0.4) is 0 Å². The van der Waals surface area contributed by atoms with Gasteiger partial charge in [-0.2, -0.15) is 0 Å². The fourth-order valence-corrected chi connectivity index (χ4v) is 2.79. The summed E-state index contributed by atoms with van der Waals surface area (Å²) < 4.78 is 9.50. The van der Waals surface area contributed by atoms with E-state index in [9.17, 15) is 9.59 Å². The fourth-order valence-electron chi connectivity index (χ4n) is 2.79. The molecule has 2 rings (SSSR count). The van der Waals surface area contributed by atoms with Crippen LogP contribution in [0.15, 0.2) is 24.3 Å². The number of hydrogen-bond donors (Lipinski definition) is 0. The van der Waals surface area contributed by atoms with Gasteiger partial charge in [0.05, 0.1) is 27.1 Å². The molecule has 21 heavy (non-hydrogen) atoms. The highest BCUT2D eigenvalue weighted by molar-refractivity contribution is 5.71. The van der Waals surface area contributed by atoms with Crippen molar-refractivity contribution >= 4 is 11.9 Å². The number of esters is 2. The SMILES string of the molecule is COC(=O)CCN1CCc2ccccc2[C@H]1CC(=O)OC. The van der Waals surface area contributed by atoms with Gasteiger partial charge in [0.15, 0.2) is 0 Å². The van der Waals surface area contributed by atoms with Gasteiger partial charge < -0.3 is 9.47 Å². The lowest BCUT2D eigenvalue weighted by Gasteiger charge is -2.36. The Morgan fingerprint density at radius 2 is 1.90 bits per heavy atom. The molecule has 0 spiro atoms. The molecule has 1 aromatic rings. The molecule has 0 N–H and O–H groups in total. The average Bonchev–Trinajstić information content (AvgIpc) is 2.53. The van der Waals surface area contributed by atoms with Crippen LogP contribution < -0.4 is 0 Å².